The zero-order chi connectivity index (χ0) is 18.3. The Labute approximate surface area is 158 Å². The summed E-state index contributed by atoms with van der Waals surface area (Å²) in [6.45, 7) is 1.94. The van der Waals surface area contributed by atoms with Gasteiger partial charge in [0, 0.05) is 6.42 Å². The molecule has 6 nitrogen and oxygen atoms in total. The molecule has 1 aliphatic rings. The molecule has 0 radical (unpaired) electrons. The highest BCUT2D eigenvalue weighted by atomic mass is 32.2. The predicted molar refractivity (Wildman–Crippen MR) is 104 cm³/mol. The Kier molecular flexibility index (Phi) is 4.56. The molecule has 3 heterocycles. The molecule has 26 heavy (non-hydrogen) atoms. The Morgan fingerprint density at radius 2 is 2.15 bits per heavy atom. The summed E-state index contributed by atoms with van der Waals surface area (Å²) in [5.74, 6) is -0.345. The van der Waals surface area contributed by atoms with Crippen LogP contribution in [0.2, 0.25) is 0 Å². The molecule has 3 N–H and O–H groups in total. The number of para-hydroxylation sites is 1. The maximum atomic E-state index is 13.4. The van der Waals surface area contributed by atoms with E-state index in [-0.39, 0.29) is 11.3 Å². The van der Waals surface area contributed by atoms with Crippen molar-refractivity contribution in [1.82, 2.24) is 9.55 Å². The normalized spacial score (nSPS) is 16.6. The number of aromatic nitrogens is 2. The zero-order valence-electron chi connectivity index (χ0n) is 14.3. The molecule has 2 aromatic heterocycles. The molecule has 0 bridgehead atoms. The number of carbonyl (C=O) groups excluding carboxylic acids is 1. The van der Waals surface area contributed by atoms with Crippen molar-refractivity contribution in [2.24, 2.45) is 5.73 Å². The molecule has 1 amide bonds. The van der Waals surface area contributed by atoms with Gasteiger partial charge in [-0.05, 0) is 17.7 Å². The number of primary amides is 1. The first kappa shape index (κ1) is 17.3. The number of hydrogen-bond acceptors (Lipinski definition) is 5. The van der Waals surface area contributed by atoms with E-state index in [1.807, 2.05) is 30.3 Å². The van der Waals surface area contributed by atoms with Crippen molar-refractivity contribution in [1.29, 1.82) is 0 Å². The van der Waals surface area contributed by atoms with E-state index in [4.69, 9.17) is 10.7 Å². The van der Waals surface area contributed by atoms with Crippen LogP contribution in [0.4, 0.5) is 0 Å². The van der Waals surface area contributed by atoms with Crippen molar-refractivity contribution in [2.75, 3.05) is 19.3 Å². The highest BCUT2D eigenvalue weighted by Crippen LogP contribution is 2.31. The average molecular weight is 388 g/mol. The van der Waals surface area contributed by atoms with Crippen LogP contribution < -0.4 is 16.2 Å². The molecule has 0 saturated carbocycles. The molecule has 134 valence electrons. The number of thioether (sulfide) groups is 1. The third-order valence-corrected chi connectivity index (χ3v) is 6.59. The van der Waals surface area contributed by atoms with Crippen molar-refractivity contribution in [3.8, 4) is 5.69 Å². The number of amides is 1. The Morgan fingerprint density at radius 3 is 2.88 bits per heavy atom. The smallest absolute Gasteiger partial charge is 0.267 e. The second-order valence-corrected chi connectivity index (χ2v) is 8.47. The van der Waals surface area contributed by atoms with Gasteiger partial charge in [-0.25, -0.2) is 4.98 Å². The molecule has 1 atom stereocenters. The number of quaternary nitrogens is 1. The zero-order valence-corrected chi connectivity index (χ0v) is 16.0. The number of nitrogens with two attached hydrogens (primary N) is 1. The molecule has 1 aromatic carbocycles. The van der Waals surface area contributed by atoms with Crippen LogP contribution in [0.15, 0.2) is 40.3 Å². The summed E-state index contributed by atoms with van der Waals surface area (Å²) in [5, 5.41) is 1.23. The number of fused-ring (bicyclic) bond motifs is 3. The Morgan fingerprint density at radius 1 is 1.38 bits per heavy atom. The van der Waals surface area contributed by atoms with Gasteiger partial charge in [0.25, 0.3) is 5.56 Å². The second kappa shape index (κ2) is 6.86. The Balaban J connectivity index is 1.96. The molecule has 1 unspecified atom stereocenters. The summed E-state index contributed by atoms with van der Waals surface area (Å²) >= 11 is 2.80. The van der Waals surface area contributed by atoms with Crippen LogP contribution >= 0.6 is 23.1 Å². The number of nitrogens with one attached hydrogen (secondary N) is 1. The summed E-state index contributed by atoms with van der Waals surface area (Å²) in [6.07, 6.45) is 0.890. The van der Waals surface area contributed by atoms with Gasteiger partial charge in [-0.1, -0.05) is 30.0 Å². The number of benzene rings is 1. The van der Waals surface area contributed by atoms with E-state index in [9.17, 15) is 9.59 Å². The van der Waals surface area contributed by atoms with E-state index in [1.54, 1.807) is 15.9 Å². The molecule has 0 fully saturated rings. The summed E-state index contributed by atoms with van der Waals surface area (Å²) in [5.41, 5.74) is 7.13. The number of rotatable bonds is 4. The number of carbonyl (C=O) groups is 1. The molecule has 3 aromatic rings. The minimum absolute atomic E-state index is 0.0646. The molecule has 8 heteroatoms. The Hall–Kier alpha value is -2.16. The van der Waals surface area contributed by atoms with Crippen LogP contribution in [0.3, 0.4) is 0 Å². The van der Waals surface area contributed by atoms with Crippen LogP contribution in [-0.2, 0) is 17.8 Å². The van der Waals surface area contributed by atoms with E-state index in [1.165, 1.54) is 21.5 Å². The minimum Gasteiger partial charge on any atom is -0.369 e. The largest absolute Gasteiger partial charge is 0.369 e. The third-order valence-electron chi connectivity index (χ3n) is 4.50. The SMILES string of the molecule is C[NH+]1CCc2c(sc3nc(SCC(N)=O)n(-c4ccccc4)c(=O)c23)C1. The lowest BCUT2D eigenvalue weighted by molar-refractivity contribution is -0.895. The number of hydrogen-bond donors (Lipinski definition) is 2. The van der Waals surface area contributed by atoms with Gasteiger partial charge in [0.15, 0.2) is 5.16 Å². The van der Waals surface area contributed by atoms with Gasteiger partial charge in [-0.15, -0.1) is 11.3 Å². The fraction of sp³-hybridized carbons (Fsp3) is 0.278. The predicted octanol–water partition coefficient (Wildman–Crippen LogP) is 0.595. The van der Waals surface area contributed by atoms with Crippen LogP contribution in [0.25, 0.3) is 15.9 Å². The van der Waals surface area contributed by atoms with E-state index >= 15 is 0 Å². The Bertz CT molecular complexity index is 1040. The van der Waals surface area contributed by atoms with Crippen molar-refractivity contribution in [3.63, 3.8) is 0 Å². The van der Waals surface area contributed by atoms with Crippen LogP contribution in [0.5, 0.6) is 0 Å². The first-order chi connectivity index (χ1) is 12.5. The highest BCUT2D eigenvalue weighted by Gasteiger charge is 2.26. The fourth-order valence-electron chi connectivity index (χ4n) is 3.28. The summed E-state index contributed by atoms with van der Waals surface area (Å²) in [4.78, 5) is 32.8. The average Bonchev–Trinajstić information content (AvgIpc) is 2.98. The summed E-state index contributed by atoms with van der Waals surface area (Å²) in [7, 11) is 2.16. The van der Waals surface area contributed by atoms with Gasteiger partial charge in [0.05, 0.1) is 35.3 Å². The van der Waals surface area contributed by atoms with Gasteiger partial charge in [-0.2, -0.15) is 0 Å². The maximum absolute atomic E-state index is 13.4. The monoisotopic (exact) mass is 387 g/mol. The lowest BCUT2D eigenvalue weighted by atomic mass is 10.1. The first-order valence-electron chi connectivity index (χ1n) is 8.39. The van der Waals surface area contributed by atoms with E-state index in [0.29, 0.717) is 5.16 Å². The summed E-state index contributed by atoms with van der Waals surface area (Å²) in [6, 6.07) is 9.42. The van der Waals surface area contributed by atoms with Gasteiger partial charge >= 0.3 is 0 Å². The van der Waals surface area contributed by atoms with Crippen molar-refractivity contribution < 1.29 is 9.69 Å². The molecule has 0 aliphatic carbocycles. The van der Waals surface area contributed by atoms with Crippen LogP contribution in [0.1, 0.15) is 10.4 Å². The standard InChI is InChI=1S/C18H18N4O2S2/c1-21-8-7-12-13(9-21)26-16-15(12)17(24)22(11-5-3-2-4-6-11)18(20-16)25-10-14(19)23/h2-6H,7-10H2,1H3,(H2,19,23)/p+1. The van der Waals surface area contributed by atoms with Gasteiger partial charge in [-0.3, -0.25) is 14.2 Å². The van der Waals surface area contributed by atoms with E-state index in [0.717, 1.165) is 41.0 Å². The lowest BCUT2D eigenvalue weighted by Gasteiger charge is -2.19. The van der Waals surface area contributed by atoms with Gasteiger partial charge in [0.1, 0.15) is 11.4 Å². The van der Waals surface area contributed by atoms with E-state index < -0.39 is 5.91 Å². The minimum atomic E-state index is -0.431. The third kappa shape index (κ3) is 3.04. The first-order valence-corrected chi connectivity index (χ1v) is 10.2. The number of likely N-dealkylation sites (N-methyl/N-ethyl adjacent to an activating group) is 1. The summed E-state index contributed by atoms with van der Waals surface area (Å²) < 4.78 is 1.61. The van der Waals surface area contributed by atoms with Crippen molar-refractivity contribution in [2.45, 2.75) is 18.1 Å². The molecular formula is C18H19N4O2S2+. The topological polar surface area (TPSA) is 82.4 Å². The second-order valence-electron chi connectivity index (χ2n) is 6.44. The molecule has 4 rings (SSSR count). The quantitative estimate of drug-likeness (QED) is 0.507. The van der Waals surface area contributed by atoms with Crippen molar-refractivity contribution in [3.05, 3.63) is 51.1 Å². The molecule has 1 aliphatic heterocycles. The maximum Gasteiger partial charge on any atom is 0.267 e. The number of nitrogens with zero attached hydrogens (tertiary/aromatic N) is 2. The lowest BCUT2D eigenvalue weighted by Crippen LogP contribution is -3.08. The van der Waals surface area contributed by atoms with E-state index in [2.05, 4.69) is 7.05 Å². The molecule has 0 spiro atoms. The van der Waals surface area contributed by atoms with Crippen LogP contribution in [0, 0.1) is 0 Å². The van der Waals surface area contributed by atoms with Gasteiger partial charge < -0.3 is 10.6 Å². The number of thiophene rings is 1. The highest BCUT2D eigenvalue weighted by molar-refractivity contribution is 7.99. The van der Waals surface area contributed by atoms with Crippen molar-refractivity contribution >= 4 is 39.2 Å². The van der Waals surface area contributed by atoms with Gasteiger partial charge in [0.2, 0.25) is 5.91 Å². The molecule has 0 saturated heterocycles. The van der Waals surface area contributed by atoms with Crippen LogP contribution in [-0.4, -0.2) is 34.8 Å². The molecular weight excluding hydrogens is 368 g/mol. The fourth-order valence-corrected chi connectivity index (χ4v) is 5.40.